The number of carbonyl (C=O) groups excluding carboxylic acids is 1. The lowest BCUT2D eigenvalue weighted by atomic mass is 9.95. The Kier molecular flexibility index (Phi) is 6.93. The monoisotopic (exact) mass is 297 g/mol. The Hall–Kier alpha value is -0.650. The summed E-state index contributed by atoms with van der Waals surface area (Å²) in [5, 5.41) is 3.45. The van der Waals surface area contributed by atoms with E-state index in [9.17, 15) is 4.79 Å². The van der Waals surface area contributed by atoms with Crippen molar-refractivity contribution >= 4 is 5.91 Å². The number of rotatable bonds is 7. The summed E-state index contributed by atoms with van der Waals surface area (Å²) in [6.07, 6.45) is 4.73. The van der Waals surface area contributed by atoms with Crippen LogP contribution < -0.4 is 5.32 Å². The highest BCUT2D eigenvalue weighted by Gasteiger charge is 2.30. The molecule has 1 unspecified atom stereocenters. The molecule has 2 heterocycles. The fraction of sp³-hybridized carbons (Fsp3) is 0.938. The number of nitrogens with zero attached hydrogens (tertiary/aromatic N) is 2. The third-order valence-electron chi connectivity index (χ3n) is 4.89. The van der Waals surface area contributed by atoms with Gasteiger partial charge in [-0.15, -0.1) is 0 Å². The minimum absolute atomic E-state index is 0.0606. The van der Waals surface area contributed by atoms with Gasteiger partial charge in [0, 0.05) is 26.7 Å². The number of piperidine rings is 1. The van der Waals surface area contributed by atoms with Gasteiger partial charge in [-0.1, -0.05) is 0 Å². The Labute approximate surface area is 129 Å². The number of carbonyl (C=O) groups is 1. The van der Waals surface area contributed by atoms with Gasteiger partial charge in [0.25, 0.3) is 0 Å². The topological polar surface area (TPSA) is 44.8 Å². The zero-order valence-corrected chi connectivity index (χ0v) is 13.6. The molecule has 0 spiro atoms. The summed E-state index contributed by atoms with van der Waals surface area (Å²) in [7, 11) is 1.74. The van der Waals surface area contributed by atoms with Crippen molar-refractivity contribution in [2.75, 3.05) is 53.0 Å². The summed E-state index contributed by atoms with van der Waals surface area (Å²) in [6.45, 7) is 8.89. The maximum absolute atomic E-state index is 12.4. The molecule has 2 saturated heterocycles. The Bertz CT molecular complexity index is 311. The average Bonchev–Trinajstić information content (AvgIpc) is 3.05. The second-order valence-corrected chi connectivity index (χ2v) is 6.38. The minimum Gasteiger partial charge on any atom is -0.383 e. The standard InChI is InChI=1S/C16H31N3O2/c1-14(16(20)19-8-3-4-9-19)18-10-5-15(6-11-18)13-17-7-12-21-2/h14-15,17H,3-13H2,1-2H3. The number of nitrogens with one attached hydrogen (secondary N) is 1. The lowest BCUT2D eigenvalue weighted by Gasteiger charge is -2.36. The fourth-order valence-corrected chi connectivity index (χ4v) is 3.38. The largest absolute Gasteiger partial charge is 0.383 e. The van der Waals surface area contributed by atoms with Crippen molar-refractivity contribution in [1.29, 1.82) is 0 Å². The van der Waals surface area contributed by atoms with Crippen LogP contribution in [0.2, 0.25) is 0 Å². The van der Waals surface area contributed by atoms with Crippen LogP contribution in [0.25, 0.3) is 0 Å². The second kappa shape index (κ2) is 8.71. The first-order chi connectivity index (χ1) is 10.2. The lowest BCUT2D eigenvalue weighted by Crippen LogP contribution is -2.49. The van der Waals surface area contributed by atoms with E-state index in [1.807, 2.05) is 4.90 Å². The number of methoxy groups -OCH3 is 1. The molecule has 0 bridgehead atoms. The Morgan fingerprint density at radius 1 is 1.24 bits per heavy atom. The fourth-order valence-electron chi connectivity index (χ4n) is 3.38. The molecule has 122 valence electrons. The highest BCUT2D eigenvalue weighted by atomic mass is 16.5. The van der Waals surface area contributed by atoms with E-state index >= 15 is 0 Å². The van der Waals surface area contributed by atoms with Crippen molar-refractivity contribution in [3.63, 3.8) is 0 Å². The first-order valence-electron chi connectivity index (χ1n) is 8.45. The van der Waals surface area contributed by atoms with Crippen molar-refractivity contribution in [1.82, 2.24) is 15.1 Å². The summed E-state index contributed by atoms with van der Waals surface area (Å²) < 4.78 is 5.04. The first-order valence-corrected chi connectivity index (χ1v) is 8.45. The van der Waals surface area contributed by atoms with E-state index in [4.69, 9.17) is 4.74 Å². The van der Waals surface area contributed by atoms with E-state index in [2.05, 4.69) is 17.1 Å². The van der Waals surface area contributed by atoms with Crippen molar-refractivity contribution in [2.24, 2.45) is 5.92 Å². The maximum Gasteiger partial charge on any atom is 0.239 e. The van der Waals surface area contributed by atoms with Crippen LogP contribution in [0.4, 0.5) is 0 Å². The number of hydrogen-bond donors (Lipinski definition) is 1. The van der Waals surface area contributed by atoms with Crippen molar-refractivity contribution in [3.8, 4) is 0 Å². The van der Waals surface area contributed by atoms with Gasteiger partial charge in [-0.2, -0.15) is 0 Å². The van der Waals surface area contributed by atoms with Gasteiger partial charge in [0.2, 0.25) is 5.91 Å². The Balaban J connectivity index is 1.66. The molecule has 2 rings (SSSR count). The quantitative estimate of drug-likeness (QED) is 0.711. The molecule has 1 atom stereocenters. The third kappa shape index (κ3) is 4.94. The van der Waals surface area contributed by atoms with Crippen molar-refractivity contribution in [2.45, 2.75) is 38.6 Å². The molecule has 1 N–H and O–H groups in total. The van der Waals surface area contributed by atoms with Gasteiger partial charge < -0.3 is 15.0 Å². The molecule has 0 saturated carbocycles. The van der Waals surface area contributed by atoms with E-state index in [-0.39, 0.29) is 6.04 Å². The molecule has 1 amide bonds. The molecule has 0 aromatic rings. The van der Waals surface area contributed by atoms with Gasteiger partial charge in [-0.25, -0.2) is 0 Å². The second-order valence-electron chi connectivity index (χ2n) is 6.38. The van der Waals surface area contributed by atoms with E-state index in [1.54, 1.807) is 7.11 Å². The van der Waals surface area contributed by atoms with Gasteiger partial charge in [-0.05, 0) is 58.2 Å². The zero-order valence-electron chi connectivity index (χ0n) is 13.6. The molecule has 5 nitrogen and oxygen atoms in total. The van der Waals surface area contributed by atoms with E-state index in [0.29, 0.717) is 5.91 Å². The van der Waals surface area contributed by atoms with Gasteiger partial charge >= 0.3 is 0 Å². The molecule has 0 aliphatic carbocycles. The molecule has 5 heteroatoms. The highest BCUT2D eigenvalue weighted by molar-refractivity contribution is 5.81. The van der Waals surface area contributed by atoms with Crippen LogP contribution in [0.5, 0.6) is 0 Å². The minimum atomic E-state index is 0.0606. The van der Waals surface area contributed by atoms with E-state index < -0.39 is 0 Å². The van der Waals surface area contributed by atoms with Crippen LogP contribution in [0.1, 0.15) is 32.6 Å². The van der Waals surface area contributed by atoms with Crippen LogP contribution in [0.15, 0.2) is 0 Å². The molecular formula is C16H31N3O2. The van der Waals surface area contributed by atoms with Crippen LogP contribution in [-0.2, 0) is 9.53 Å². The maximum atomic E-state index is 12.4. The molecule has 2 aliphatic rings. The summed E-state index contributed by atoms with van der Waals surface area (Å²) in [4.78, 5) is 16.8. The van der Waals surface area contributed by atoms with Gasteiger partial charge in [-0.3, -0.25) is 9.69 Å². The Morgan fingerprint density at radius 3 is 2.52 bits per heavy atom. The van der Waals surface area contributed by atoms with E-state index in [1.165, 1.54) is 25.7 Å². The zero-order chi connectivity index (χ0) is 15.1. The molecule has 0 aromatic carbocycles. The Morgan fingerprint density at radius 2 is 1.90 bits per heavy atom. The van der Waals surface area contributed by atoms with Crippen LogP contribution in [0, 0.1) is 5.92 Å². The summed E-state index contributed by atoms with van der Waals surface area (Å²) in [5.74, 6) is 1.08. The molecule has 0 aromatic heterocycles. The van der Waals surface area contributed by atoms with Gasteiger partial charge in [0.1, 0.15) is 0 Å². The number of likely N-dealkylation sites (tertiary alicyclic amines) is 2. The highest BCUT2D eigenvalue weighted by Crippen LogP contribution is 2.20. The molecule has 2 aliphatic heterocycles. The predicted octanol–water partition coefficient (Wildman–Crippen LogP) is 0.945. The van der Waals surface area contributed by atoms with Gasteiger partial charge in [0.05, 0.1) is 12.6 Å². The third-order valence-corrected chi connectivity index (χ3v) is 4.89. The first kappa shape index (κ1) is 16.7. The normalized spacial score (nSPS) is 22.7. The van der Waals surface area contributed by atoms with Crippen LogP contribution in [0.3, 0.4) is 0 Å². The number of ether oxygens (including phenoxy) is 1. The van der Waals surface area contributed by atoms with Crippen molar-refractivity contribution in [3.05, 3.63) is 0 Å². The number of amides is 1. The van der Waals surface area contributed by atoms with E-state index in [0.717, 1.165) is 51.8 Å². The summed E-state index contributed by atoms with van der Waals surface area (Å²) in [6, 6.07) is 0.0606. The number of hydrogen-bond acceptors (Lipinski definition) is 4. The van der Waals surface area contributed by atoms with Gasteiger partial charge in [0.15, 0.2) is 0 Å². The predicted molar refractivity (Wildman–Crippen MR) is 84.3 cm³/mol. The van der Waals surface area contributed by atoms with Crippen molar-refractivity contribution < 1.29 is 9.53 Å². The van der Waals surface area contributed by atoms with Crippen LogP contribution in [-0.4, -0.2) is 74.7 Å². The summed E-state index contributed by atoms with van der Waals surface area (Å²) in [5.41, 5.74) is 0. The lowest BCUT2D eigenvalue weighted by molar-refractivity contribution is -0.135. The molecular weight excluding hydrogens is 266 g/mol. The molecule has 0 radical (unpaired) electrons. The van der Waals surface area contributed by atoms with Crippen LogP contribution >= 0.6 is 0 Å². The SMILES string of the molecule is COCCNCC1CCN(C(C)C(=O)N2CCCC2)CC1. The molecule has 21 heavy (non-hydrogen) atoms. The summed E-state index contributed by atoms with van der Waals surface area (Å²) >= 11 is 0. The smallest absolute Gasteiger partial charge is 0.239 e. The average molecular weight is 297 g/mol. The molecule has 2 fully saturated rings.